The molecule has 138 valence electrons. The first kappa shape index (κ1) is 18.1. The minimum atomic E-state index is -1.05. The molecule has 1 aliphatic heterocycles. The molecule has 2 aromatic rings. The van der Waals surface area contributed by atoms with Gasteiger partial charge in [-0.25, -0.2) is 14.5 Å². The molecule has 0 aliphatic carbocycles. The first-order valence-corrected chi connectivity index (χ1v) is 8.57. The van der Waals surface area contributed by atoms with E-state index in [0.717, 1.165) is 17.8 Å². The van der Waals surface area contributed by atoms with Crippen molar-refractivity contribution in [3.8, 4) is 5.82 Å². The Morgan fingerprint density at radius 1 is 1.38 bits per heavy atom. The number of carboxylic acids is 1. The van der Waals surface area contributed by atoms with Crippen molar-refractivity contribution in [1.82, 2.24) is 20.1 Å². The minimum absolute atomic E-state index is 0.230. The molecule has 0 saturated carbocycles. The SMILES string of the molecule is Cc1cc(C)n(-c2ccc(C(=O)NC(C(=O)O)C3CCCOC3)cn2)n1. The predicted molar refractivity (Wildman–Crippen MR) is 93.3 cm³/mol. The number of hydrogen-bond donors (Lipinski definition) is 2. The highest BCUT2D eigenvalue weighted by atomic mass is 16.5. The number of carbonyl (C=O) groups excluding carboxylic acids is 1. The minimum Gasteiger partial charge on any atom is -0.480 e. The van der Waals surface area contributed by atoms with Gasteiger partial charge in [-0.3, -0.25) is 4.79 Å². The lowest BCUT2D eigenvalue weighted by Gasteiger charge is -2.28. The van der Waals surface area contributed by atoms with Gasteiger partial charge in [-0.15, -0.1) is 0 Å². The van der Waals surface area contributed by atoms with Crippen molar-refractivity contribution in [1.29, 1.82) is 0 Å². The lowest BCUT2D eigenvalue weighted by molar-refractivity contribution is -0.142. The number of carbonyl (C=O) groups is 2. The largest absolute Gasteiger partial charge is 0.480 e. The van der Waals surface area contributed by atoms with E-state index in [4.69, 9.17) is 4.74 Å². The summed E-state index contributed by atoms with van der Waals surface area (Å²) in [6.45, 7) is 4.79. The maximum Gasteiger partial charge on any atom is 0.326 e. The summed E-state index contributed by atoms with van der Waals surface area (Å²) in [5.41, 5.74) is 2.12. The summed E-state index contributed by atoms with van der Waals surface area (Å²) < 4.78 is 7.03. The standard InChI is InChI=1S/C18H22N4O4/c1-11-8-12(2)22(21-11)15-6-5-13(9-19-15)17(23)20-16(18(24)25)14-4-3-7-26-10-14/h5-6,8-9,14,16H,3-4,7,10H2,1-2H3,(H,20,23)(H,24,25). The molecule has 1 saturated heterocycles. The van der Waals surface area contributed by atoms with E-state index in [1.54, 1.807) is 16.8 Å². The zero-order valence-corrected chi connectivity index (χ0v) is 14.8. The van der Waals surface area contributed by atoms with E-state index in [-0.39, 0.29) is 5.92 Å². The summed E-state index contributed by atoms with van der Waals surface area (Å²) in [5.74, 6) is -1.15. The highest BCUT2D eigenvalue weighted by molar-refractivity contribution is 5.96. The molecule has 8 heteroatoms. The van der Waals surface area contributed by atoms with Crippen LogP contribution in [0.1, 0.15) is 34.6 Å². The highest BCUT2D eigenvalue weighted by Gasteiger charge is 2.31. The molecule has 1 aliphatic rings. The van der Waals surface area contributed by atoms with E-state index in [9.17, 15) is 14.7 Å². The molecule has 3 heterocycles. The van der Waals surface area contributed by atoms with Crippen molar-refractivity contribution in [3.63, 3.8) is 0 Å². The Balaban J connectivity index is 1.72. The fourth-order valence-electron chi connectivity index (χ4n) is 3.14. The van der Waals surface area contributed by atoms with Crippen LogP contribution in [0.15, 0.2) is 24.4 Å². The van der Waals surface area contributed by atoms with E-state index in [0.29, 0.717) is 31.0 Å². The number of hydrogen-bond acceptors (Lipinski definition) is 5. The first-order chi connectivity index (χ1) is 12.5. The molecular weight excluding hydrogens is 336 g/mol. The quantitative estimate of drug-likeness (QED) is 0.839. The van der Waals surface area contributed by atoms with Crippen LogP contribution in [0.25, 0.3) is 5.82 Å². The molecule has 2 aromatic heterocycles. The van der Waals surface area contributed by atoms with Crippen molar-refractivity contribution in [2.24, 2.45) is 5.92 Å². The Labute approximate surface area is 151 Å². The van der Waals surface area contributed by atoms with Gasteiger partial charge in [0.25, 0.3) is 5.91 Å². The maximum absolute atomic E-state index is 12.4. The van der Waals surface area contributed by atoms with Crippen LogP contribution in [0.2, 0.25) is 0 Å². The van der Waals surface area contributed by atoms with E-state index < -0.39 is 17.9 Å². The Morgan fingerprint density at radius 2 is 2.19 bits per heavy atom. The van der Waals surface area contributed by atoms with Gasteiger partial charge in [0, 0.05) is 24.4 Å². The third-order valence-electron chi connectivity index (χ3n) is 4.46. The molecule has 0 aromatic carbocycles. The van der Waals surface area contributed by atoms with Gasteiger partial charge in [-0.1, -0.05) is 0 Å². The number of amides is 1. The molecule has 0 spiro atoms. The number of aliphatic carboxylic acids is 1. The van der Waals surface area contributed by atoms with E-state index >= 15 is 0 Å². The lowest BCUT2D eigenvalue weighted by atomic mass is 9.93. The monoisotopic (exact) mass is 358 g/mol. The normalized spacial score (nSPS) is 18.3. The van der Waals surface area contributed by atoms with Crippen LogP contribution in [0.3, 0.4) is 0 Å². The van der Waals surface area contributed by atoms with Gasteiger partial charge in [0.15, 0.2) is 5.82 Å². The highest BCUT2D eigenvalue weighted by Crippen LogP contribution is 2.18. The number of nitrogens with one attached hydrogen (secondary N) is 1. The zero-order chi connectivity index (χ0) is 18.7. The van der Waals surface area contributed by atoms with Gasteiger partial charge >= 0.3 is 5.97 Å². The van der Waals surface area contributed by atoms with E-state index in [2.05, 4.69) is 15.4 Å². The van der Waals surface area contributed by atoms with Gasteiger partial charge in [0.05, 0.1) is 17.9 Å². The number of nitrogens with zero attached hydrogens (tertiary/aromatic N) is 3. The van der Waals surface area contributed by atoms with E-state index in [1.807, 2.05) is 19.9 Å². The molecular formula is C18H22N4O4. The van der Waals surface area contributed by atoms with Crippen LogP contribution < -0.4 is 5.32 Å². The van der Waals surface area contributed by atoms with Crippen molar-refractivity contribution in [3.05, 3.63) is 41.3 Å². The predicted octanol–water partition coefficient (Wildman–Crippen LogP) is 1.49. The Hall–Kier alpha value is -2.74. The molecule has 2 N–H and O–H groups in total. The molecule has 0 radical (unpaired) electrons. The molecule has 26 heavy (non-hydrogen) atoms. The Morgan fingerprint density at radius 3 is 2.73 bits per heavy atom. The maximum atomic E-state index is 12.4. The fourth-order valence-corrected chi connectivity index (χ4v) is 3.14. The van der Waals surface area contributed by atoms with Gasteiger partial charge in [0.1, 0.15) is 6.04 Å². The van der Waals surface area contributed by atoms with Crippen LogP contribution in [0.4, 0.5) is 0 Å². The van der Waals surface area contributed by atoms with Crippen molar-refractivity contribution < 1.29 is 19.4 Å². The molecule has 0 bridgehead atoms. The summed E-state index contributed by atoms with van der Waals surface area (Å²) in [4.78, 5) is 28.3. The second kappa shape index (κ2) is 7.65. The average molecular weight is 358 g/mol. The average Bonchev–Trinajstić information content (AvgIpc) is 2.98. The van der Waals surface area contributed by atoms with Gasteiger partial charge in [-0.2, -0.15) is 5.10 Å². The van der Waals surface area contributed by atoms with Crippen LogP contribution in [-0.4, -0.2) is 51.0 Å². The Bertz CT molecular complexity index is 794. The molecule has 3 rings (SSSR count). The number of aromatic nitrogens is 3. The number of ether oxygens (including phenoxy) is 1. The van der Waals surface area contributed by atoms with Crippen molar-refractivity contribution in [2.45, 2.75) is 32.7 Å². The van der Waals surface area contributed by atoms with Crippen molar-refractivity contribution >= 4 is 11.9 Å². The molecule has 1 amide bonds. The summed E-state index contributed by atoms with van der Waals surface area (Å²) in [6, 6.07) is 4.27. The van der Waals surface area contributed by atoms with Gasteiger partial charge in [-0.05, 0) is 44.9 Å². The number of rotatable bonds is 5. The van der Waals surface area contributed by atoms with Crippen LogP contribution in [-0.2, 0) is 9.53 Å². The smallest absolute Gasteiger partial charge is 0.326 e. The van der Waals surface area contributed by atoms with Crippen LogP contribution in [0, 0.1) is 19.8 Å². The lowest BCUT2D eigenvalue weighted by Crippen LogP contribution is -2.48. The number of aryl methyl sites for hydroxylation is 2. The van der Waals surface area contributed by atoms with E-state index in [1.165, 1.54) is 6.20 Å². The third-order valence-corrected chi connectivity index (χ3v) is 4.46. The van der Waals surface area contributed by atoms with Crippen LogP contribution >= 0.6 is 0 Å². The first-order valence-electron chi connectivity index (χ1n) is 8.57. The fraction of sp³-hybridized carbons (Fsp3) is 0.444. The molecule has 2 unspecified atom stereocenters. The Kier molecular flexibility index (Phi) is 5.32. The van der Waals surface area contributed by atoms with Gasteiger partial charge in [0.2, 0.25) is 0 Å². The number of pyridine rings is 1. The van der Waals surface area contributed by atoms with Gasteiger partial charge < -0.3 is 15.2 Å². The topological polar surface area (TPSA) is 106 Å². The second-order valence-electron chi connectivity index (χ2n) is 6.51. The molecule has 2 atom stereocenters. The molecule has 8 nitrogen and oxygen atoms in total. The van der Waals surface area contributed by atoms with Crippen LogP contribution in [0.5, 0.6) is 0 Å². The summed E-state index contributed by atoms with van der Waals surface area (Å²) in [7, 11) is 0. The second-order valence-corrected chi connectivity index (χ2v) is 6.51. The van der Waals surface area contributed by atoms with Crippen molar-refractivity contribution in [2.75, 3.05) is 13.2 Å². The summed E-state index contributed by atoms with van der Waals surface area (Å²) in [5, 5.41) is 16.4. The number of carboxylic acid groups (broad SMARTS) is 1. The summed E-state index contributed by atoms with van der Waals surface area (Å²) in [6.07, 6.45) is 2.94. The summed E-state index contributed by atoms with van der Waals surface area (Å²) >= 11 is 0. The zero-order valence-electron chi connectivity index (χ0n) is 14.8. The third kappa shape index (κ3) is 3.91. The molecule has 1 fully saturated rings.